The lowest BCUT2D eigenvalue weighted by molar-refractivity contribution is 0.0594. The molecule has 0 aromatic carbocycles. The van der Waals surface area contributed by atoms with Crippen LogP contribution in [0.25, 0.3) is 0 Å². The third-order valence-corrected chi connectivity index (χ3v) is 3.75. The molecular formula is C14H23N3O2. The zero-order valence-corrected chi connectivity index (χ0v) is 11.7. The smallest absolute Gasteiger partial charge is 0.354 e. The number of rotatable bonds is 6. The van der Waals surface area contributed by atoms with Gasteiger partial charge in [-0.1, -0.05) is 6.92 Å². The van der Waals surface area contributed by atoms with E-state index in [1.165, 1.54) is 26.5 Å². The van der Waals surface area contributed by atoms with Gasteiger partial charge < -0.3 is 15.0 Å². The van der Waals surface area contributed by atoms with Crippen LogP contribution < -0.4 is 5.32 Å². The van der Waals surface area contributed by atoms with Crippen LogP contribution in [0.2, 0.25) is 0 Å². The van der Waals surface area contributed by atoms with Gasteiger partial charge in [-0.15, -0.1) is 0 Å². The monoisotopic (exact) mass is 265 g/mol. The van der Waals surface area contributed by atoms with E-state index >= 15 is 0 Å². The van der Waals surface area contributed by atoms with E-state index in [9.17, 15) is 4.79 Å². The second kappa shape index (κ2) is 6.73. The maximum absolute atomic E-state index is 11.3. The van der Waals surface area contributed by atoms with Gasteiger partial charge in [0.2, 0.25) is 0 Å². The molecule has 0 bridgehead atoms. The number of nitrogens with one attached hydrogen (secondary N) is 2. The lowest BCUT2D eigenvalue weighted by atomic mass is 10.2. The van der Waals surface area contributed by atoms with E-state index in [4.69, 9.17) is 0 Å². The van der Waals surface area contributed by atoms with Gasteiger partial charge in [0.1, 0.15) is 5.69 Å². The summed E-state index contributed by atoms with van der Waals surface area (Å²) in [6.07, 6.45) is 2.58. The molecule has 1 unspecified atom stereocenters. The zero-order valence-electron chi connectivity index (χ0n) is 11.7. The number of esters is 1. The number of methoxy groups -OCH3 is 1. The number of ether oxygens (including phenoxy) is 1. The first-order valence-electron chi connectivity index (χ1n) is 6.95. The molecule has 0 spiro atoms. The quantitative estimate of drug-likeness (QED) is 0.763. The van der Waals surface area contributed by atoms with E-state index in [1.807, 2.05) is 6.07 Å². The number of aromatic amines is 1. The Labute approximate surface area is 114 Å². The van der Waals surface area contributed by atoms with Crippen LogP contribution in [0.5, 0.6) is 0 Å². The maximum Gasteiger partial charge on any atom is 0.354 e. The Bertz CT molecular complexity index is 417. The lowest BCUT2D eigenvalue weighted by Gasteiger charge is -2.22. The Morgan fingerprint density at radius 2 is 2.42 bits per heavy atom. The maximum atomic E-state index is 11.3. The van der Waals surface area contributed by atoms with E-state index in [-0.39, 0.29) is 5.97 Å². The van der Waals surface area contributed by atoms with E-state index in [0.29, 0.717) is 11.7 Å². The minimum Gasteiger partial charge on any atom is -0.464 e. The highest BCUT2D eigenvalue weighted by molar-refractivity contribution is 5.87. The van der Waals surface area contributed by atoms with Crippen LogP contribution >= 0.6 is 0 Å². The highest BCUT2D eigenvalue weighted by atomic mass is 16.5. The standard InChI is InChI=1S/C14H23N3O2/c1-3-17-8-4-5-12(17)10-15-9-11-6-7-13(16-11)14(18)19-2/h6-7,12,15-16H,3-5,8-10H2,1-2H3. The van der Waals surface area contributed by atoms with Crippen molar-refractivity contribution in [3.05, 3.63) is 23.5 Å². The molecule has 2 heterocycles. The fraction of sp³-hybridized carbons (Fsp3) is 0.643. The first kappa shape index (κ1) is 14.1. The number of hydrogen-bond acceptors (Lipinski definition) is 4. The second-order valence-electron chi connectivity index (χ2n) is 4.94. The van der Waals surface area contributed by atoms with Gasteiger partial charge in [-0.2, -0.15) is 0 Å². The second-order valence-corrected chi connectivity index (χ2v) is 4.94. The molecule has 5 heteroatoms. The number of likely N-dealkylation sites (N-methyl/N-ethyl adjacent to an activating group) is 1. The van der Waals surface area contributed by atoms with Crippen LogP contribution in [0.1, 0.15) is 35.9 Å². The van der Waals surface area contributed by atoms with Crippen LogP contribution in [-0.4, -0.2) is 48.6 Å². The predicted molar refractivity (Wildman–Crippen MR) is 74.1 cm³/mol. The van der Waals surface area contributed by atoms with Crippen molar-refractivity contribution >= 4 is 5.97 Å². The first-order chi connectivity index (χ1) is 9.24. The van der Waals surface area contributed by atoms with Crippen molar-refractivity contribution in [3.63, 3.8) is 0 Å². The highest BCUT2D eigenvalue weighted by Gasteiger charge is 2.22. The van der Waals surface area contributed by atoms with Gasteiger partial charge in [0, 0.05) is 24.8 Å². The van der Waals surface area contributed by atoms with Crippen molar-refractivity contribution in [3.8, 4) is 0 Å². The average molecular weight is 265 g/mol. The van der Waals surface area contributed by atoms with Gasteiger partial charge in [-0.25, -0.2) is 4.79 Å². The predicted octanol–water partition coefficient (Wildman–Crippen LogP) is 1.38. The molecule has 0 saturated carbocycles. The fourth-order valence-corrected chi connectivity index (χ4v) is 2.69. The van der Waals surface area contributed by atoms with E-state index in [1.54, 1.807) is 6.07 Å². The Morgan fingerprint density at radius 3 is 3.16 bits per heavy atom. The molecule has 2 N–H and O–H groups in total. The Morgan fingerprint density at radius 1 is 1.58 bits per heavy atom. The molecule has 0 amide bonds. The molecule has 1 aromatic heterocycles. The van der Waals surface area contributed by atoms with Crippen LogP contribution in [-0.2, 0) is 11.3 Å². The fourth-order valence-electron chi connectivity index (χ4n) is 2.69. The van der Waals surface area contributed by atoms with E-state index in [2.05, 4.69) is 26.9 Å². The number of H-pyrrole nitrogens is 1. The van der Waals surface area contributed by atoms with Crippen LogP contribution in [0, 0.1) is 0 Å². The zero-order chi connectivity index (χ0) is 13.7. The molecule has 0 radical (unpaired) electrons. The first-order valence-corrected chi connectivity index (χ1v) is 6.95. The summed E-state index contributed by atoms with van der Waals surface area (Å²) in [6, 6.07) is 4.34. The molecule has 1 fully saturated rings. The average Bonchev–Trinajstić information content (AvgIpc) is 3.06. The molecular weight excluding hydrogens is 242 g/mol. The van der Waals surface area contributed by atoms with E-state index < -0.39 is 0 Å². The summed E-state index contributed by atoms with van der Waals surface area (Å²) < 4.78 is 4.67. The highest BCUT2D eigenvalue weighted by Crippen LogP contribution is 2.15. The molecule has 2 rings (SSSR count). The minimum absolute atomic E-state index is 0.320. The molecule has 5 nitrogen and oxygen atoms in total. The topological polar surface area (TPSA) is 57.4 Å². The van der Waals surface area contributed by atoms with Gasteiger partial charge >= 0.3 is 5.97 Å². The van der Waals surface area contributed by atoms with Gasteiger partial charge in [0.25, 0.3) is 0 Å². The van der Waals surface area contributed by atoms with Crippen LogP contribution in [0.15, 0.2) is 12.1 Å². The summed E-state index contributed by atoms with van der Waals surface area (Å²) in [7, 11) is 1.39. The van der Waals surface area contributed by atoms with Crippen molar-refractivity contribution in [2.75, 3.05) is 26.7 Å². The molecule has 1 aromatic rings. The number of aromatic nitrogens is 1. The number of likely N-dealkylation sites (tertiary alicyclic amines) is 1. The molecule has 19 heavy (non-hydrogen) atoms. The van der Waals surface area contributed by atoms with Gasteiger partial charge in [-0.3, -0.25) is 4.90 Å². The summed E-state index contributed by atoms with van der Waals surface area (Å²) in [5.74, 6) is -0.320. The number of hydrogen-bond donors (Lipinski definition) is 2. The van der Waals surface area contributed by atoms with Crippen molar-refractivity contribution in [1.29, 1.82) is 0 Å². The molecule has 1 saturated heterocycles. The Balaban J connectivity index is 1.76. The van der Waals surface area contributed by atoms with Gasteiger partial charge in [-0.05, 0) is 38.1 Å². The molecule has 0 aliphatic carbocycles. The summed E-state index contributed by atoms with van der Waals surface area (Å²) in [6.45, 7) is 6.32. The third kappa shape index (κ3) is 3.58. The van der Waals surface area contributed by atoms with Crippen molar-refractivity contribution < 1.29 is 9.53 Å². The number of carbonyl (C=O) groups is 1. The Kier molecular flexibility index (Phi) is 4.99. The van der Waals surface area contributed by atoms with Crippen molar-refractivity contribution in [2.24, 2.45) is 0 Å². The SMILES string of the molecule is CCN1CCCC1CNCc1ccc(C(=O)OC)[nH]1. The van der Waals surface area contributed by atoms with Crippen molar-refractivity contribution in [1.82, 2.24) is 15.2 Å². The number of nitrogens with zero attached hydrogens (tertiary/aromatic N) is 1. The third-order valence-electron chi connectivity index (χ3n) is 3.75. The van der Waals surface area contributed by atoms with Gasteiger partial charge in [0.05, 0.1) is 7.11 Å². The van der Waals surface area contributed by atoms with Gasteiger partial charge in [0.15, 0.2) is 0 Å². The van der Waals surface area contributed by atoms with Crippen LogP contribution in [0.3, 0.4) is 0 Å². The summed E-state index contributed by atoms with van der Waals surface area (Å²) in [5, 5.41) is 3.45. The largest absolute Gasteiger partial charge is 0.464 e. The Hall–Kier alpha value is -1.33. The van der Waals surface area contributed by atoms with Crippen LogP contribution in [0.4, 0.5) is 0 Å². The molecule has 1 aliphatic rings. The van der Waals surface area contributed by atoms with E-state index in [0.717, 1.165) is 25.3 Å². The van der Waals surface area contributed by atoms with Crippen molar-refractivity contribution in [2.45, 2.75) is 32.4 Å². The molecule has 1 atom stereocenters. The molecule has 1 aliphatic heterocycles. The molecule has 106 valence electrons. The minimum atomic E-state index is -0.320. The summed E-state index contributed by atoms with van der Waals surface area (Å²) in [4.78, 5) is 16.9. The lowest BCUT2D eigenvalue weighted by Crippen LogP contribution is -2.37. The summed E-state index contributed by atoms with van der Waals surface area (Å²) in [5.41, 5.74) is 1.52. The number of carbonyl (C=O) groups excluding carboxylic acids is 1. The normalized spacial score (nSPS) is 19.8. The summed E-state index contributed by atoms with van der Waals surface area (Å²) >= 11 is 0.